The Bertz CT molecular complexity index is 305. The molecule has 96 valence electrons. The van der Waals surface area contributed by atoms with Gasteiger partial charge < -0.3 is 10.2 Å². The minimum absolute atomic E-state index is 0.246. The lowest BCUT2D eigenvalue weighted by Crippen LogP contribution is -2.44. The van der Waals surface area contributed by atoms with Gasteiger partial charge in [0.2, 0.25) is 5.91 Å². The van der Waals surface area contributed by atoms with Crippen molar-refractivity contribution in [3.8, 4) is 0 Å². The summed E-state index contributed by atoms with van der Waals surface area (Å²) >= 11 is 0. The highest BCUT2D eigenvalue weighted by atomic mass is 16.2. The summed E-state index contributed by atoms with van der Waals surface area (Å²) in [4.78, 5) is 14.8. The second-order valence-corrected chi connectivity index (χ2v) is 6.17. The molecule has 2 saturated heterocycles. The number of hydrogen-bond donors (Lipinski definition) is 1. The second kappa shape index (κ2) is 4.60. The summed E-state index contributed by atoms with van der Waals surface area (Å²) in [6.45, 7) is 5.14. The highest BCUT2D eigenvalue weighted by molar-refractivity contribution is 5.80. The van der Waals surface area contributed by atoms with Gasteiger partial charge in [-0.1, -0.05) is 19.8 Å². The number of hydrogen-bond acceptors (Lipinski definition) is 2. The molecule has 0 spiro atoms. The normalized spacial score (nSPS) is 41.6. The lowest BCUT2D eigenvalue weighted by atomic mass is 9.85. The van der Waals surface area contributed by atoms with Crippen LogP contribution in [0.3, 0.4) is 0 Å². The maximum Gasteiger partial charge on any atom is 0.227 e. The van der Waals surface area contributed by atoms with Crippen molar-refractivity contribution in [1.82, 2.24) is 10.2 Å². The quantitative estimate of drug-likeness (QED) is 0.750. The Hall–Kier alpha value is -0.570. The number of nitrogens with one attached hydrogen (secondary N) is 1. The fourth-order valence-electron chi connectivity index (χ4n) is 4.03. The molecule has 1 saturated carbocycles. The second-order valence-electron chi connectivity index (χ2n) is 6.17. The van der Waals surface area contributed by atoms with Crippen LogP contribution in [0.5, 0.6) is 0 Å². The molecule has 4 unspecified atom stereocenters. The third kappa shape index (κ3) is 1.99. The van der Waals surface area contributed by atoms with Gasteiger partial charge in [-0.2, -0.15) is 0 Å². The Labute approximate surface area is 104 Å². The molecule has 3 fully saturated rings. The van der Waals surface area contributed by atoms with E-state index in [1.54, 1.807) is 0 Å². The van der Waals surface area contributed by atoms with Gasteiger partial charge in [0.25, 0.3) is 0 Å². The van der Waals surface area contributed by atoms with E-state index in [2.05, 4.69) is 17.1 Å². The Morgan fingerprint density at radius 3 is 2.76 bits per heavy atom. The molecule has 0 radical (unpaired) electrons. The molecular weight excluding hydrogens is 212 g/mol. The van der Waals surface area contributed by atoms with Crippen molar-refractivity contribution in [2.24, 2.45) is 17.8 Å². The summed E-state index contributed by atoms with van der Waals surface area (Å²) in [5.74, 6) is 2.02. The predicted octanol–water partition coefficient (Wildman–Crippen LogP) is 1.63. The molecule has 3 aliphatic rings. The fourth-order valence-corrected chi connectivity index (χ4v) is 4.03. The van der Waals surface area contributed by atoms with Crippen LogP contribution in [0.4, 0.5) is 0 Å². The summed E-state index contributed by atoms with van der Waals surface area (Å²) in [5.41, 5.74) is 0. The number of carbonyl (C=O) groups is 1. The van der Waals surface area contributed by atoms with Crippen LogP contribution in [0.15, 0.2) is 0 Å². The average Bonchev–Trinajstić information content (AvgIpc) is 2.94. The lowest BCUT2D eigenvalue weighted by molar-refractivity contribution is -0.137. The average molecular weight is 236 g/mol. The molecule has 3 heteroatoms. The van der Waals surface area contributed by atoms with Crippen LogP contribution in [0.1, 0.15) is 39.0 Å². The molecule has 0 aromatic rings. The third-order valence-electron chi connectivity index (χ3n) is 5.13. The number of fused-ring (bicyclic) bond motifs is 1. The predicted molar refractivity (Wildman–Crippen MR) is 67.6 cm³/mol. The molecule has 2 heterocycles. The van der Waals surface area contributed by atoms with Crippen molar-refractivity contribution in [2.45, 2.75) is 45.1 Å². The van der Waals surface area contributed by atoms with Crippen LogP contribution >= 0.6 is 0 Å². The summed E-state index contributed by atoms with van der Waals surface area (Å²) in [6.07, 6.45) is 6.57. The number of nitrogens with zero attached hydrogens (tertiary/aromatic N) is 1. The summed E-state index contributed by atoms with van der Waals surface area (Å²) < 4.78 is 0. The van der Waals surface area contributed by atoms with Crippen LogP contribution < -0.4 is 5.32 Å². The van der Waals surface area contributed by atoms with E-state index in [9.17, 15) is 4.79 Å². The highest BCUT2D eigenvalue weighted by Gasteiger charge is 2.42. The SMILES string of the molecule is CC1CNCC1C(=O)N1CCC2CCCCC21. The Morgan fingerprint density at radius 2 is 2.00 bits per heavy atom. The Morgan fingerprint density at radius 1 is 1.18 bits per heavy atom. The summed E-state index contributed by atoms with van der Waals surface area (Å²) in [7, 11) is 0. The zero-order valence-corrected chi connectivity index (χ0v) is 10.8. The minimum atomic E-state index is 0.246. The van der Waals surface area contributed by atoms with E-state index in [0.29, 0.717) is 17.9 Å². The standard InChI is InChI=1S/C14H24N2O/c1-10-8-15-9-12(10)14(17)16-7-6-11-4-2-3-5-13(11)16/h10-13,15H,2-9H2,1H3. The van der Waals surface area contributed by atoms with Crippen LogP contribution in [-0.2, 0) is 4.79 Å². The Balaban J connectivity index is 1.69. The maximum absolute atomic E-state index is 12.6. The smallest absolute Gasteiger partial charge is 0.227 e. The third-order valence-corrected chi connectivity index (χ3v) is 5.13. The van der Waals surface area contributed by atoms with Crippen molar-refractivity contribution in [2.75, 3.05) is 19.6 Å². The molecule has 2 aliphatic heterocycles. The van der Waals surface area contributed by atoms with Gasteiger partial charge in [0.1, 0.15) is 0 Å². The summed E-state index contributed by atoms with van der Waals surface area (Å²) in [5, 5.41) is 3.35. The lowest BCUT2D eigenvalue weighted by Gasteiger charge is -2.33. The van der Waals surface area contributed by atoms with E-state index in [1.165, 1.54) is 32.1 Å². The fraction of sp³-hybridized carbons (Fsp3) is 0.929. The number of amides is 1. The van der Waals surface area contributed by atoms with Gasteiger partial charge in [0.05, 0.1) is 5.92 Å². The van der Waals surface area contributed by atoms with Crippen molar-refractivity contribution < 1.29 is 4.79 Å². The van der Waals surface area contributed by atoms with Crippen molar-refractivity contribution in [1.29, 1.82) is 0 Å². The molecule has 1 amide bonds. The molecule has 1 aliphatic carbocycles. The van der Waals surface area contributed by atoms with Gasteiger partial charge in [0, 0.05) is 19.1 Å². The molecule has 3 rings (SSSR count). The summed E-state index contributed by atoms with van der Waals surface area (Å²) in [6, 6.07) is 0.587. The minimum Gasteiger partial charge on any atom is -0.339 e. The topological polar surface area (TPSA) is 32.3 Å². The first-order valence-electron chi connectivity index (χ1n) is 7.28. The highest BCUT2D eigenvalue weighted by Crippen LogP contribution is 2.37. The monoisotopic (exact) mass is 236 g/mol. The van der Waals surface area contributed by atoms with Crippen LogP contribution in [0.2, 0.25) is 0 Å². The number of carbonyl (C=O) groups excluding carboxylic acids is 1. The number of likely N-dealkylation sites (tertiary alicyclic amines) is 1. The van der Waals surface area contributed by atoms with Gasteiger partial charge in [-0.15, -0.1) is 0 Å². The van der Waals surface area contributed by atoms with Gasteiger partial charge in [0.15, 0.2) is 0 Å². The van der Waals surface area contributed by atoms with Crippen LogP contribution in [-0.4, -0.2) is 36.5 Å². The van der Waals surface area contributed by atoms with Crippen LogP contribution in [0.25, 0.3) is 0 Å². The molecule has 4 atom stereocenters. The van der Waals surface area contributed by atoms with Crippen LogP contribution in [0, 0.1) is 17.8 Å². The Kier molecular flexibility index (Phi) is 3.12. The molecule has 0 aromatic carbocycles. The zero-order chi connectivity index (χ0) is 11.8. The van der Waals surface area contributed by atoms with Crippen molar-refractivity contribution >= 4 is 5.91 Å². The van der Waals surface area contributed by atoms with E-state index in [0.717, 1.165) is 25.6 Å². The molecule has 3 nitrogen and oxygen atoms in total. The van der Waals surface area contributed by atoms with Gasteiger partial charge >= 0.3 is 0 Å². The first-order valence-corrected chi connectivity index (χ1v) is 7.28. The van der Waals surface area contributed by atoms with E-state index < -0.39 is 0 Å². The van der Waals surface area contributed by atoms with Gasteiger partial charge in [-0.25, -0.2) is 0 Å². The maximum atomic E-state index is 12.6. The largest absolute Gasteiger partial charge is 0.339 e. The van der Waals surface area contributed by atoms with E-state index in [-0.39, 0.29) is 5.92 Å². The van der Waals surface area contributed by atoms with Crippen molar-refractivity contribution in [3.05, 3.63) is 0 Å². The van der Waals surface area contributed by atoms with E-state index in [4.69, 9.17) is 0 Å². The molecule has 0 aromatic heterocycles. The van der Waals surface area contributed by atoms with E-state index >= 15 is 0 Å². The van der Waals surface area contributed by atoms with Gasteiger partial charge in [-0.3, -0.25) is 4.79 Å². The molecule has 17 heavy (non-hydrogen) atoms. The zero-order valence-electron chi connectivity index (χ0n) is 10.8. The molecule has 1 N–H and O–H groups in total. The molecule has 0 bridgehead atoms. The van der Waals surface area contributed by atoms with Crippen molar-refractivity contribution in [3.63, 3.8) is 0 Å². The first kappa shape index (κ1) is 11.5. The van der Waals surface area contributed by atoms with Gasteiger partial charge in [-0.05, 0) is 37.6 Å². The number of rotatable bonds is 1. The van der Waals surface area contributed by atoms with E-state index in [1.807, 2.05) is 0 Å². The molecular formula is C14H24N2O. The first-order chi connectivity index (χ1) is 8.27.